The van der Waals surface area contributed by atoms with Crippen molar-refractivity contribution in [1.82, 2.24) is 14.8 Å². The fourth-order valence-electron chi connectivity index (χ4n) is 2.43. The molecule has 0 saturated carbocycles. The molecule has 0 amide bonds. The summed E-state index contributed by atoms with van der Waals surface area (Å²) >= 11 is 0. The molecule has 4 N–H and O–H groups in total. The topological polar surface area (TPSA) is 122 Å². The number of fused-ring (bicyclic) bond motifs is 1. The van der Waals surface area contributed by atoms with Gasteiger partial charge in [-0.3, -0.25) is 15.8 Å². The zero-order valence-corrected chi connectivity index (χ0v) is 17.5. The predicted molar refractivity (Wildman–Crippen MR) is 113 cm³/mol. The summed E-state index contributed by atoms with van der Waals surface area (Å²) in [7, 11) is 0. The van der Waals surface area contributed by atoms with Crippen LogP contribution >= 0.6 is 0 Å². The average Bonchev–Trinajstić information content (AvgIpc) is 2.78. The Morgan fingerprint density at radius 2 is 1.81 bits per heavy atom. The maximum Gasteiger partial charge on any atom is 0.148 e. The quantitative estimate of drug-likeness (QED) is 0.370. The Balaban J connectivity index is 0.000000720. The zero-order valence-electron chi connectivity index (χ0n) is 17.5. The third-order valence-corrected chi connectivity index (χ3v) is 3.80. The second kappa shape index (κ2) is 12.3. The van der Waals surface area contributed by atoms with Crippen molar-refractivity contribution in [3.63, 3.8) is 0 Å². The van der Waals surface area contributed by atoms with Gasteiger partial charge in [0.2, 0.25) is 0 Å². The molecule has 31 heavy (non-hydrogen) atoms. The van der Waals surface area contributed by atoms with Gasteiger partial charge in [0, 0.05) is 29.6 Å². The number of hydrogen-bond donors (Lipinski definition) is 4. The van der Waals surface area contributed by atoms with Crippen molar-refractivity contribution >= 4 is 22.5 Å². The van der Waals surface area contributed by atoms with Crippen LogP contribution < -0.4 is 5.49 Å². The number of nitrogens with zero attached hydrogens (tertiary/aromatic N) is 3. The summed E-state index contributed by atoms with van der Waals surface area (Å²) in [6, 6.07) is 7.03. The minimum Gasteiger partial charge on any atom is -0.394 e. The van der Waals surface area contributed by atoms with Crippen molar-refractivity contribution in [2.45, 2.75) is 27.2 Å². The summed E-state index contributed by atoms with van der Waals surface area (Å²) in [5.74, 6) is -1.85. The lowest BCUT2D eigenvalue weighted by atomic mass is 10.1. The maximum atomic E-state index is 14.6. The van der Waals surface area contributed by atoms with Crippen molar-refractivity contribution < 1.29 is 18.3 Å². The van der Waals surface area contributed by atoms with Crippen LogP contribution in [-0.2, 0) is 6.42 Å². The van der Waals surface area contributed by atoms with Gasteiger partial charge in [0.1, 0.15) is 35.3 Å². The van der Waals surface area contributed by atoms with Crippen LogP contribution in [0.25, 0.3) is 10.9 Å². The van der Waals surface area contributed by atoms with Gasteiger partial charge in [-0.25, -0.2) is 17.9 Å². The van der Waals surface area contributed by atoms with E-state index in [2.05, 4.69) is 10.1 Å². The van der Waals surface area contributed by atoms with Crippen molar-refractivity contribution in [3.8, 4) is 0 Å². The van der Waals surface area contributed by atoms with Crippen LogP contribution in [0, 0.1) is 27.9 Å². The first kappa shape index (κ1) is 25.6. The van der Waals surface area contributed by atoms with Gasteiger partial charge < -0.3 is 10.5 Å². The van der Waals surface area contributed by atoms with Gasteiger partial charge in [-0.1, -0.05) is 13.8 Å². The SMILES string of the molecule is CC.CC(=N)c1ccc(=N)n(C(=N)Cc2c(F)cc3ncccc3c2F)n1.OCCF. The maximum absolute atomic E-state index is 14.6. The summed E-state index contributed by atoms with van der Waals surface area (Å²) in [6.07, 6.45) is 1.06. The Morgan fingerprint density at radius 1 is 1.16 bits per heavy atom. The minimum atomic E-state index is -0.806. The number of rotatable bonds is 4. The second-order valence-corrected chi connectivity index (χ2v) is 5.90. The zero-order chi connectivity index (χ0) is 23.6. The number of aliphatic hydroxyl groups excluding tert-OH is 1. The second-order valence-electron chi connectivity index (χ2n) is 5.90. The molecule has 10 heteroatoms. The molecule has 0 fully saturated rings. The molecule has 2 heterocycles. The van der Waals surface area contributed by atoms with Crippen molar-refractivity contribution in [2.75, 3.05) is 13.3 Å². The average molecular weight is 434 g/mol. The molecule has 7 nitrogen and oxygen atoms in total. The summed E-state index contributed by atoms with van der Waals surface area (Å²) < 4.78 is 40.3. The monoisotopic (exact) mass is 434 g/mol. The lowest BCUT2D eigenvalue weighted by Gasteiger charge is -2.11. The number of aromatic nitrogens is 3. The van der Waals surface area contributed by atoms with Crippen LogP contribution in [0.1, 0.15) is 32.0 Å². The highest BCUT2D eigenvalue weighted by Crippen LogP contribution is 2.23. The smallest absolute Gasteiger partial charge is 0.148 e. The number of pyridine rings is 1. The van der Waals surface area contributed by atoms with Gasteiger partial charge in [-0.15, -0.1) is 0 Å². The largest absolute Gasteiger partial charge is 0.394 e. The molecule has 3 rings (SSSR count). The summed E-state index contributed by atoms with van der Waals surface area (Å²) in [4.78, 5) is 3.92. The van der Waals surface area contributed by atoms with E-state index in [4.69, 9.17) is 21.3 Å². The molecule has 0 unspecified atom stereocenters. The van der Waals surface area contributed by atoms with Gasteiger partial charge in [0.25, 0.3) is 0 Å². The summed E-state index contributed by atoms with van der Waals surface area (Å²) in [5.41, 5.74) is 0.246. The molecule has 166 valence electrons. The van der Waals surface area contributed by atoms with E-state index >= 15 is 0 Å². The first-order valence-corrected chi connectivity index (χ1v) is 9.46. The molecule has 2 aromatic heterocycles. The van der Waals surface area contributed by atoms with Crippen molar-refractivity contribution in [2.24, 2.45) is 0 Å². The van der Waals surface area contributed by atoms with E-state index in [0.717, 1.165) is 10.7 Å². The summed E-state index contributed by atoms with van der Waals surface area (Å²) in [5, 5.41) is 35.2. The van der Waals surface area contributed by atoms with E-state index < -0.39 is 18.3 Å². The highest BCUT2D eigenvalue weighted by molar-refractivity contribution is 5.94. The van der Waals surface area contributed by atoms with E-state index in [1.54, 1.807) is 6.07 Å². The van der Waals surface area contributed by atoms with Gasteiger partial charge in [0.05, 0.1) is 17.8 Å². The van der Waals surface area contributed by atoms with Crippen LogP contribution in [-0.4, -0.2) is 44.7 Å². The first-order chi connectivity index (χ1) is 14.8. The third kappa shape index (κ3) is 6.54. The van der Waals surface area contributed by atoms with Crippen molar-refractivity contribution in [3.05, 3.63) is 64.9 Å². The van der Waals surface area contributed by atoms with E-state index in [9.17, 15) is 13.2 Å². The molecule has 0 atom stereocenters. The molecule has 0 bridgehead atoms. The van der Waals surface area contributed by atoms with Crippen LogP contribution in [0.3, 0.4) is 0 Å². The molecule has 1 aromatic carbocycles. The molecule has 0 aliphatic rings. The Labute approximate surface area is 177 Å². The van der Waals surface area contributed by atoms with Gasteiger partial charge in [-0.05, 0) is 31.2 Å². The van der Waals surface area contributed by atoms with Gasteiger partial charge >= 0.3 is 0 Å². The normalized spacial score (nSPS) is 9.90. The van der Waals surface area contributed by atoms with E-state index in [-0.39, 0.29) is 52.2 Å². The fraction of sp³-hybridized carbons (Fsp3) is 0.286. The number of halogens is 3. The highest BCUT2D eigenvalue weighted by Gasteiger charge is 2.17. The molecule has 0 saturated heterocycles. The third-order valence-electron chi connectivity index (χ3n) is 3.80. The standard InChI is InChI=1S/C17H14F2N6.C2H5FO.C2H6/c1-9(20)13-4-5-15(21)25(24-13)16(22)7-11-12(18)8-14-10(17(11)19)3-2-6-23-14;3-1-2-4;1-2/h2-6,8,20-22H,7H2,1H3;4H,1-2H2;1-2H3. The number of nitrogens with one attached hydrogen (secondary N) is 3. The molecule has 0 radical (unpaired) electrons. The molecule has 0 aliphatic heterocycles. The first-order valence-electron chi connectivity index (χ1n) is 9.46. The van der Waals surface area contributed by atoms with Crippen LogP contribution in [0.15, 0.2) is 36.5 Å². The van der Waals surface area contributed by atoms with Crippen molar-refractivity contribution in [1.29, 1.82) is 16.2 Å². The van der Waals surface area contributed by atoms with Gasteiger partial charge in [0.15, 0.2) is 0 Å². The lowest BCUT2D eigenvalue weighted by Crippen LogP contribution is -2.31. The Kier molecular flexibility index (Phi) is 10.2. The van der Waals surface area contributed by atoms with Crippen LogP contribution in [0.2, 0.25) is 0 Å². The Bertz CT molecular complexity index is 1110. The molecule has 0 aliphatic carbocycles. The minimum absolute atomic E-state index is 0.113. The fourth-order valence-corrected chi connectivity index (χ4v) is 2.43. The molecular formula is C21H25F3N6O. The summed E-state index contributed by atoms with van der Waals surface area (Å²) in [6.45, 7) is 4.55. The van der Waals surface area contributed by atoms with E-state index in [0.29, 0.717) is 0 Å². The number of alkyl halides is 1. The highest BCUT2D eigenvalue weighted by atomic mass is 19.1. The van der Waals surface area contributed by atoms with Crippen LogP contribution in [0.4, 0.5) is 13.2 Å². The Hall–Kier alpha value is -3.40. The van der Waals surface area contributed by atoms with Gasteiger partial charge in [-0.2, -0.15) is 5.10 Å². The molecule has 0 spiro atoms. The number of benzene rings is 1. The van der Waals surface area contributed by atoms with E-state index in [1.165, 1.54) is 31.3 Å². The number of hydrogen-bond acceptors (Lipinski definition) is 6. The van der Waals surface area contributed by atoms with Crippen LogP contribution in [0.5, 0.6) is 0 Å². The lowest BCUT2D eigenvalue weighted by molar-refractivity contribution is 0.253. The number of aliphatic hydroxyl groups is 1. The van der Waals surface area contributed by atoms with E-state index in [1.807, 2.05) is 13.8 Å². The predicted octanol–water partition coefficient (Wildman–Crippen LogP) is 3.62. The molecular weight excluding hydrogens is 409 g/mol. The molecule has 3 aromatic rings. The Morgan fingerprint density at radius 3 is 2.39 bits per heavy atom.